The van der Waals surface area contributed by atoms with Crippen molar-refractivity contribution < 1.29 is 28.2 Å². The minimum atomic E-state index is -4.58. The third-order valence-corrected chi connectivity index (χ3v) is 3.58. The zero-order chi connectivity index (χ0) is 16.2. The van der Waals surface area contributed by atoms with Gasteiger partial charge in [0.25, 0.3) is 0 Å². The topological polar surface area (TPSA) is 83.5 Å². The first kappa shape index (κ1) is 17.8. The molecule has 0 saturated carbocycles. The molecule has 4 N–H and O–H groups in total. The van der Waals surface area contributed by atoms with Crippen LogP contribution >= 0.6 is 11.8 Å². The summed E-state index contributed by atoms with van der Waals surface area (Å²) >= 11 is 0.968. The molecule has 0 amide bonds. The van der Waals surface area contributed by atoms with Gasteiger partial charge in [0.2, 0.25) is 0 Å². The Bertz CT molecular complexity index is 508. The largest absolute Gasteiger partial charge is 0.416 e. The molecule has 0 bridgehead atoms. The number of rotatable bonds is 5. The number of hydrogen-bond acceptors (Lipinski definition) is 5. The lowest BCUT2D eigenvalue weighted by molar-refractivity contribution is -0.137. The maximum absolute atomic E-state index is 12.7. The first-order chi connectivity index (χ1) is 9.61. The summed E-state index contributed by atoms with van der Waals surface area (Å²) in [4.78, 5) is 10.7. The lowest BCUT2D eigenvalue weighted by Gasteiger charge is -2.19. The smallest absolute Gasteiger partial charge is 0.399 e. The minimum absolute atomic E-state index is 0.0710. The second kappa shape index (κ2) is 7.15. The summed E-state index contributed by atoms with van der Waals surface area (Å²) in [5.74, 6) is 0.266. The van der Waals surface area contributed by atoms with Crippen molar-refractivity contribution in [2.45, 2.75) is 31.7 Å². The van der Waals surface area contributed by atoms with Gasteiger partial charge in [0.1, 0.15) is 6.10 Å². The van der Waals surface area contributed by atoms with Crippen LogP contribution in [0.15, 0.2) is 18.2 Å². The molecule has 0 aromatic heterocycles. The number of benzene rings is 1. The number of carbonyl (C=O) groups excluding carboxylic acids is 1. The van der Waals surface area contributed by atoms with Crippen LogP contribution in [0.2, 0.25) is 0 Å². The van der Waals surface area contributed by atoms with Gasteiger partial charge in [0.05, 0.1) is 11.7 Å². The zero-order valence-electron chi connectivity index (χ0n) is 11.2. The number of nitrogen functional groups attached to an aromatic ring is 1. The number of anilines is 1. The Kier molecular flexibility index (Phi) is 6.06. The van der Waals surface area contributed by atoms with E-state index in [-0.39, 0.29) is 28.5 Å². The first-order valence-electron chi connectivity index (χ1n) is 6.08. The third kappa shape index (κ3) is 5.56. The molecule has 0 spiro atoms. The van der Waals surface area contributed by atoms with Crippen LogP contribution in [0.1, 0.15) is 30.6 Å². The Labute approximate surface area is 124 Å². The van der Waals surface area contributed by atoms with Gasteiger partial charge in [-0.25, -0.2) is 0 Å². The number of carbonyl (C=O) groups is 1. The van der Waals surface area contributed by atoms with E-state index in [9.17, 15) is 28.2 Å². The van der Waals surface area contributed by atoms with Crippen molar-refractivity contribution in [3.05, 3.63) is 29.3 Å². The lowest BCUT2D eigenvalue weighted by atomic mass is 9.99. The Morgan fingerprint density at radius 2 is 1.95 bits per heavy atom. The molecule has 1 aromatic rings. The van der Waals surface area contributed by atoms with Gasteiger partial charge < -0.3 is 15.9 Å². The highest BCUT2D eigenvalue weighted by Gasteiger charge is 2.32. The molecule has 2 atom stereocenters. The highest BCUT2D eigenvalue weighted by atomic mass is 32.2. The molecular weight excluding hydrogens is 307 g/mol. The van der Waals surface area contributed by atoms with E-state index in [4.69, 9.17) is 5.73 Å². The van der Waals surface area contributed by atoms with Crippen LogP contribution in [0.4, 0.5) is 18.9 Å². The minimum Gasteiger partial charge on any atom is -0.399 e. The predicted octanol–water partition coefficient (Wildman–Crippen LogP) is 2.35. The van der Waals surface area contributed by atoms with E-state index >= 15 is 0 Å². The molecule has 4 nitrogen and oxygen atoms in total. The molecule has 2 unspecified atom stereocenters. The SMILES string of the molecule is CC(=O)SCCC(O)C(O)c1cc(N)cc(C(F)(F)F)c1. The van der Waals surface area contributed by atoms with Crippen molar-refractivity contribution in [2.75, 3.05) is 11.5 Å². The van der Waals surface area contributed by atoms with Gasteiger partial charge in [0, 0.05) is 18.4 Å². The van der Waals surface area contributed by atoms with E-state index in [1.54, 1.807) is 0 Å². The fourth-order valence-electron chi connectivity index (χ4n) is 1.71. The molecule has 0 aliphatic carbocycles. The van der Waals surface area contributed by atoms with Crippen molar-refractivity contribution >= 4 is 22.6 Å². The molecule has 0 aliphatic heterocycles. The van der Waals surface area contributed by atoms with Crippen molar-refractivity contribution in [2.24, 2.45) is 0 Å². The molecule has 1 aromatic carbocycles. The summed E-state index contributed by atoms with van der Waals surface area (Å²) in [5.41, 5.74) is 4.15. The number of aliphatic hydroxyl groups excluding tert-OH is 2. The van der Waals surface area contributed by atoms with Crippen LogP contribution in [0.3, 0.4) is 0 Å². The van der Waals surface area contributed by atoms with E-state index < -0.39 is 23.9 Å². The van der Waals surface area contributed by atoms with Crippen molar-refractivity contribution in [1.82, 2.24) is 0 Å². The predicted molar refractivity (Wildman–Crippen MR) is 74.6 cm³/mol. The van der Waals surface area contributed by atoms with Crippen LogP contribution in [0.5, 0.6) is 0 Å². The van der Waals surface area contributed by atoms with Gasteiger partial charge in [-0.15, -0.1) is 0 Å². The zero-order valence-corrected chi connectivity index (χ0v) is 12.0. The Morgan fingerprint density at radius 1 is 1.33 bits per heavy atom. The van der Waals surface area contributed by atoms with E-state index in [1.165, 1.54) is 13.0 Å². The van der Waals surface area contributed by atoms with Crippen LogP contribution in [0, 0.1) is 0 Å². The van der Waals surface area contributed by atoms with Crippen molar-refractivity contribution in [3.63, 3.8) is 0 Å². The second-order valence-corrected chi connectivity index (χ2v) is 5.80. The summed E-state index contributed by atoms with van der Waals surface area (Å²) in [6, 6.07) is 2.69. The summed E-state index contributed by atoms with van der Waals surface area (Å²) < 4.78 is 38.0. The summed E-state index contributed by atoms with van der Waals surface area (Å²) in [7, 11) is 0. The number of thioether (sulfide) groups is 1. The number of nitrogens with two attached hydrogens (primary N) is 1. The molecule has 8 heteroatoms. The standard InChI is InChI=1S/C13H16F3NO3S/c1-7(18)21-3-2-11(19)12(20)8-4-9(13(14,15)16)6-10(17)5-8/h4-6,11-12,19-20H,2-3,17H2,1H3. The number of halogens is 3. The van der Waals surface area contributed by atoms with Crippen molar-refractivity contribution in [1.29, 1.82) is 0 Å². The lowest BCUT2D eigenvalue weighted by Crippen LogP contribution is -2.20. The summed E-state index contributed by atoms with van der Waals surface area (Å²) in [5, 5.41) is 19.5. The number of hydrogen-bond donors (Lipinski definition) is 3. The van der Waals surface area contributed by atoms with Gasteiger partial charge >= 0.3 is 6.18 Å². The van der Waals surface area contributed by atoms with Crippen LogP contribution in [-0.4, -0.2) is 27.2 Å². The van der Waals surface area contributed by atoms with Gasteiger partial charge in [0.15, 0.2) is 5.12 Å². The highest BCUT2D eigenvalue weighted by molar-refractivity contribution is 8.13. The van der Waals surface area contributed by atoms with Crippen molar-refractivity contribution in [3.8, 4) is 0 Å². The van der Waals surface area contributed by atoms with Gasteiger partial charge in [-0.3, -0.25) is 4.79 Å². The normalized spacial score (nSPS) is 14.8. The molecule has 0 fully saturated rings. The van der Waals surface area contributed by atoms with Gasteiger partial charge in [-0.2, -0.15) is 13.2 Å². The monoisotopic (exact) mass is 323 g/mol. The maximum atomic E-state index is 12.7. The van der Waals surface area contributed by atoms with Gasteiger partial charge in [-0.1, -0.05) is 11.8 Å². The summed E-state index contributed by atoms with van der Waals surface area (Å²) in [6.07, 6.45) is -7.29. The van der Waals surface area contributed by atoms with Crippen LogP contribution in [0.25, 0.3) is 0 Å². The molecule has 21 heavy (non-hydrogen) atoms. The van der Waals surface area contributed by atoms with Crippen LogP contribution < -0.4 is 5.73 Å². The fraction of sp³-hybridized carbons (Fsp3) is 0.462. The third-order valence-electron chi connectivity index (χ3n) is 2.73. The molecule has 0 saturated heterocycles. The summed E-state index contributed by atoms with van der Waals surface area (Å²) in [6.45, 7) is 1.36. The van der Waals surface area contributed by atoms with E-state index in [1.807, 2.05) is 0 Å². The number of aliphatic hydroxyl groups is 2. The van der Waals surface area contributed by atoms with E-state index in [0.717, 1.165) is 23.9 Å². The Morgan fingerprint density at radius 3 is 2.48 bits per heavy atom. The first-order valence-corrected chi connectivity index (χ1v) is 7.07. The molecular formula is C13H16F3NO3S. The average Bonchev–Trinajstić information content (AvgIpc) is 2.35. The maximum Gasteiger partial charge on any atom is 0.416 e. The van der Waals surface area contributed by atoms with E-state index in [0.29, 0.717) is 0 Å². The molecule has 118 valence electrons. The van der Waals surface area contributed by atoms with E-state index in [2.05, 4.69) is 0 Å². The molecule has 0 radical (unpaired) electrons. The quantitative estimate of drug-likeness (QED) is 0.725. The fourth-order valence-corrected chi connectivity index (χ4v) is 2.36. The molecule has 1 rings (SSSR count). The highest BCUT2D eigenvalue weighted by Crippen LogP contribution is 2.33. The Balaban J connectivity index is 2.84. The van der Waals surface area contributed by atoms with Crippen LogP contribution in [-0.2, 0) is 11.0 Å². The molecule has 0 heterocycles. The average molecular weight is 323 g/mol. The molecule has 0 aliphatic rings. The number of alkyl halides is 3. The Hall–Kier alpha value is -1.25. The van der Waals surface area contributed by atoms with Gasteiger partial charge in [-0.05, 0) is 30.2 Å². The second-order valence-electron chi connectivity index (χ2n) is 4.53.